The molecule has 2 aromatic rings. The summed E-state index contributed by atoms with van der Waals surface area (Å²) in [6.07, 6.45) is 0.217. The van der Waals surface area contributed by atoms with Gasteiger partial charge in [0.05, 0.1) is 32.4 Å². The molecule has 7 nitrogen and oxygen atoms in total. The predicted molar refractivity (Wildman–Crippen MR) is 97.2 cm³/mol. The van der Waals surface area contributed by atoms with Crippen molar-refractivity contribution in [1.82, 2.24) is 15.2 Å². The second kappa shape index (κ2) is 8.82. The number of carbonyl (C=O) groups is 1. The predicted octanol–water partition coefficient (Wildman–Crippen LogP) is 1.65. The largest absolute Gasteiger partial charge is 0.497 e. The van der Waals surface area contributed by atoms with Gasteiger partial charge in [-0.15, -0.1) is 0 Å². The van der Waals surface area contributed by atoms with Crippen LogP contribution < -0.4 is 10.1 Å². The molecule has 1 fully saturated rings. The van der Waals surface area contributed by atoms with Gasteiger partial charge in [0.1, 0.15) is 11.5 Å². The van der Waals surface area contributed by atoms with E-state index in [0.29, 0.717) is 23.9 Å². The molecule has 0 bridgehead atoms. The number of methoxy groups -OCH3 is 1. The standard InChI is InChI=1S/C19H25N3O4/c1-14-17(13-18(23)20-7-8-22-9-11-25-12-10-22)21-19(26-14)15-3-5-16(24-2)6-4-15/h3-6H,7-13H2,1-2H3,(H,20,23). The SMILES string of the molecule is COc1ccc(-c2nc(CC(=O)NCCN3CCOCC3)c(C)o2)cc1. The highest BCUT2D eigenvalue weighted by molar-refractivity contribution is 5.78. The highest BCUT2D eigenvalue weighted by Crippen LogP contribution is 2.24. The minimum absolute atomic E-state index is 0.0454. The minimum atomic E-state index is -0.0454. The van der Waals surface area contributed by atoms with Crippen LogP contribution in [0.2, 0.25) is 0 Å². The lowest BCUT2D eigenvalue weighted by atomic mass is 10.2. The van der Waals surface area contributed by atoms with Crippen molar-refractivity contribution >= 4 is 5.91 Å². The molecule has 1 aliphatic rings. The van der Waals surface area contributed by atoms with Gasteiger partial charge in [0.15, 0.2) is 0 Å². The molecule has 0 saturated carbocycles. The molecular weight excluding hydrogens is 334 g/mol. The molecule has 140 valence electrons. The van der Waals surface area contributed by atoms with Gasteiger partial charge >= 0.3 is 0 Å². The van der Waals surface area contributed by atoms with Gasteiger partial charge in [-0.1, -0.05) is 0 Å². The molecule has 1 saturated heterocycles. The van der Waals surface area contributed by atoms with Gasteiger partial charge in [-0.3, -0.25) is 9.69 Å². The number of ether oxygens (including phenoxy) is 2. The molecule has 2 heterocycles. The molecule has 1 N–H and O–H groups in total. The van der Waals surface area contributed by atoms with Crippen LogP contribution in [0.3, 0.4) is 0 Å². The van der Waals surface area contributed by atoms with Crippen LogP contribution in [0.4, 0.5) is 0 Å². The summed E-state index contributed by atoms with van der Waals surface area (Å²) in [4.78, 5) is 18.9. The second-order valence-electron chi connectivity index (χ2n) is 6.23. The van der Waals surface area contributed by atoms with Gasteiger partial charge in [-0.2, -0.15) is 0 Å². The zero-order valence-corrected chi connectivity index (χ0v) is 15.3. The number of nitrogens with zero attached hydrogens (tertiary/aromatic N) is 2. The Labute approximate surface area is 153 Å². The van der Waals surface area contributed by atoms with Gasteiger partial charge in [0, 0.05) is 31.7 Å². The average molecular weight is 359 g/mol. The first-order valence-electron chi connectivity index (χ1n) is 8.83. The number of hydrogen-bond donors (Lipinski definition) is 1. The number of carbonyl (C=O) groups excluding carboxylic acids is 1. The molecule has 0 spiro atoms. The van der Waals surface area contributed by atoms with Crippen LogP contribution in [0, 0.1) is 6.92 Å². The Balaban J connectivity index is 1.52. The number of aromatic nitrogens is 1. The van der Waals surface area contributed by atoms with E-state index in [0.717, 1.165) is 44.2 Å². The zero-order chi connectivity index (χ0) is 18.4. The van der Waals surface area contributed by atoms with Crippen molar-refractivity contribution < 1.29 is 18.7 Å². The smallest absolute Gasteiger partial charge is 0.226 e. The fourth-order valence-electron chi connectivity index (χ4n) is 2.84. The molecule has 0 unspecified atom stereocenters. The molecule has 0 aliphatic carbocycles. The minimum Gasteiger partial charge on any atom is -0.497 e. The maximum Gasteiger partial charge on any atom is 0.226 e. The van der Waals surface area contributed by atoms with Crippen LogP contribution in [0.25, 0.3) is 11.5 Å². The van der Waals surface area contributed by atoms with Crippen LogP contribution in [0.15, 0.2) is 28.7 Å². The summed E-state index contributed by atoms with van der Waals surface area (Å²) < 4.78 is 16.2. The van der Waals surface area contributed by atoms with Crippen LogP contribution in [-0.4, -0.2) is 62.3 Å². The van der Waals surface area contributed by atoms with Crippen molar-refractivity contribution in [1.29, 1.82) is 0 Å². The first kappa shape index (κ1) is 18.4. The summed E-state index contributed by atoms with van der Waals surface area (Å²) in [5.41, 5.74) is 1.52. The van der Waals surface area contributed by atoms with Crippen molar-refractivity contribution in [3.63, 3.8) is 0 Å². The number of aryl methyl sites for hydroxylation is 1. The van der Waals surface area contributed by atoms with Crippen molar-refractivity contribution in [2.24, 2.45) is 0 Å². The number of morpholine rings is 1. The third-order valence-electron chi connectivity index (χ3n) is 4.41. The Bertz CT molecular complexity index is 721. The monoisotopic (exact) mass is 359 g/mol. The second-order valence-corrected chi connectivity index (χ2v) is 6.23. The lowest BCUT2D eigenvalue weighted by Gasteiger charge is -2.26. The van der Waals surface area contributed by atoms with Crippen LogP contribution in [0.5, 0.6) is 5.75 Å². The number of hydrogen-bond acceptors (Lipinski definition) is 6. The summed E-state index contributed by atoms with van der Waals surface area (Å²) in [6.45, 7) is 6.66. The van der Waals surface area contributed by atoms with Gasteiger partial charge in [0.2, 0.25) is 11.8 Å². The molecule has 0 radical (unpaired) electrons. The summed E-state index contributed by atoms with van der Waals surface area (Å²) in [7, 11) is 1.63. The Kier molecular flexibility index (Phi) is 6.25. The highest BCUT2D eigenvalue weighted by Gasteiger charge is 2.15. The third kappa shape index (κ3) is 4.83. The first-order chi connectivity index (χ1) is 12.7. The zero-order valence-electron chi connectivity index (χ0n) is 15.3. The number of nitrogens with one attached hydrogen (secondary N) is 1. The molecule has 1 aromatic carbocycles. The van der Waals surface area contributed by atoms with Crippen molar-refractivity contribution in [3.8, 4) is 17.2 Å². The maximum atomic E-state index is 12.2. The van der Waals surface area contributed by atoms with E-state index in [1.165, 1.54) is 0 Å². The van der Waals surface area contributed by atoms with E-state index in [9.17, 15) is 4.79 Å². The number of oxazole rings is 1. The Morgan fingerprint density at radius 2 is 2.00 bits per heavy atom. The van der Waals surface area contributed by atoms with E-state index in [4.69, 9.17) is 13.9 Å². The molecule has 3 rings (SSSR count). The number of benzene rings is 1. The summed E-state index contributed by atoms with van der Waals surface area (Å²) >= 11 is 0. The third-order valence-corrected chi connectivity index (χ3v) is 4.41. The first-order valence-corrected chi connectivity index (χ1v) is 8.83. The lowest BCUT2D eigenvalue weighted by Crippen LogP contribution is -2.41. The van der Waals surface area contributed by atoms with E-state index in [2.05, 4.69) is 15.2 Å². The molecular formula is C19H25N3O4. The normalized spacial score (nSPS) is 15.0. The highest BCUT2D eigenvalue weighted by atomic mass is 16.5. The Morgan fingerprint density at radius 1 is 1.27 bits per heavy atom. The molecule has 26 heavy (non-hydrogen) atoms. The van der Waals surface area contributed by atoms with Crippen LogP contribution >= 0.6 is 0 Å². The van der Waals surface area contributed by atoms with Crippen molar-refractivity contribution in [2.45, 2.75) is 13.3 Å². The summed E-state index contributed by atoms with van der Waals surface area (Å²) in [5, 5.41) is 2.95. The molecule has 1 amide bonds. The van der Waals surface area contributed by atoms with E-state index in [1.807, 2.05) is 31.2 Å². The van der Waals surface area contributed by atoms with E-state index >= 15 is 0 Å². The number of amides is 1. The summed E-state index contributed by atoms with van der Waals surface area (Å²) in [6, 6.07) is 7.48. The Hall–Kier alpha value is -2.38. The van der Waals surface area contributed by atoms with E-state index < -0.39 is 0 Å². The van der Waals surface area contributed by atoms with E-state index in [-0.39, 0.29) is 12.3 Å². The fraction of sp³-hybridized carbons (Fsp3) is 0.474. The van der Waals surface area contributed by atoms with Gasteiger partial charge < -0.3 is 19.2 Å². The van der Waals surface area contributed by atoms with Crippen LogP contribution in [0.1, 0.15) is 11.5 Å². The van der Waals surface area contributed by atoms with E-state index in [1.54, 1.807) is 7.11 Å². The lowest BCUT2D eigenvalue weighted by molar-refractivity contribution is -0.120. The number of rotatable bonds is 7. The average Bonchev–Trinajstić information content (AvgIpc) is 3.03. The Morgan fingerprint density at radius 3 is 2.69 bits per heavy atom. The summed E-state index contributed by atoms with van der Waals surface area (Å²) in [5.74, 6) is 1.91. The molecule has 7 heteroatoms. The molecule has 1 aromatic heterocycles. The fourth-order valence-corrected chi connectivity index (χ4v) is 2.84. The van der Waals surface area contributed by atoms with Gasteiger partial charge in [-0.05, 0) is 31.2 Å². The quantitative estimate of drug-likeness (QED) is 0.810. The molecule has 1 aliphatic heterocycles. The van der Waals surface area contributed by atoms with Crippen molar-refractivity contribution in [3.05, 3.63) is 35.7 Å². The maximum absolute atomic E-state index is 12.2. The topological polar surface area (TPSA) is 76.8 Å². The van der Waals surface area contributed by atoms with Crippen molar-refractivity contribution in [2.75, 3.05) is 46.5 Å². The van der Waals surface area contributed by atoms with Crippen LogP contribution in [-0.2, 0) is 16.0 Å². The molecule has 0 atom stereocenters. The van der Waals surface area contributed by atoms with Gasteiger partial charge in [0.25, 0.3) is 0 Å². The van der Waals surface area contributed by atoms with Gasteiger partial charge in [-0.25, -0.2) is 4.98 Å².